The summed E-state index contributed by atoms with van der Waals surface area (Å²) in [6.45, 7) is 1.69. The second-order valence-electron chi connectivity index (χ2n) is 3.25. The molecule has 0 saturated carbocycles. The maximum atomic E-state index is 9.46. The van der Waals surface area contributed by atoms with Crippen molar-refractivity contribution in [2.75, 3.05) is 5.73 Å². The normalized spacial score (nSPS) is 10.4. The van der Waals surface area contributed by atoms with Gasteiger partial charge in [-0.2, -0.15) is 4.98 Å². The highest BCUT2D eigenvalue weighted by atomic mass is 35.5. The highest BCUT2D eigenvalue weighted by Gasteiger charge is 2.10. The lowest BCUT2D eigenvalue weighted by molar-refractivity contribution is 0.452. The Morgan fingerprint density at radius 3 is 2.62 bits per heavy atom. The number of aryl methyl sites for hydroxylation is 1. The average Bonchev–Trinajstić information content (AvgIpc) is 2.26. The zero-order valence-corrected chi connectivity index (χ0v) is 9.23. The summed E-state index contributed by atoms with van der Waals surface area (Å²) in [4.78, 5) is 12.0. The van der Waals surface area contributed by atoms with Crippen LogP contribution in [0.15, 0.2) is 18.3 Å². The smallest absolute Gasteiger partial charge is 0.234 e. The minimum Gasteiger partial charge on any atom is -0.492 e. The summed E-state index contributed by atoms with van der Waals surface area (Å²) in [5.74, 6) is 0.0715. The molecule has 0 aromatic carbocycles. The fourth-order valence-corrected chi connectivity index (χ4v) is 1.28. The Bertz CT molecular complexity index is 504. The van der Waals surface area contributed by atoms with Gasteiger partial charge in [0.15, 0.2) is 5.82 Å². The van der Waals surface area contributed by atoms with Crippen molar-refractivity contribution in [1.82, 2.24) is 15.0 Å². The Morgan fingerprint density at radius 2 is 2.06 bits per heavy atom. The molecular weight excluding hydrogens is 228 g/mol. The van der Waals surface area contributed by atoms with Crippen molar-refractivity contribution in [3.63, 3.8) is 0 Å². The highest BCUT2D eigenvalue weighted by Crippen LogP contribution is 2.26. The van der Waals surface area contributed by atoms with Crippen LogP contribution in [-0.4, -0.2) is 20.1 Å². The number of rotatable bonds is 1. The first-order valence-electron chi connectivity index (χ1n) is 4.53. The van der Waals surface area contributed by atoms with Crippen LogP contribution in [0, 0.1) is 6.92 Å². The fourth-order valence-electron chi connectivity index (χ4n) is 1.20. The van der Waals surface area contributed by atoms with Crippen LogP contribution in [0.2, 0.25) is 5.02 Å². The van der Waals surface area contributed by atoms with Crippen LogP contribution >= 0.6 is 11.6 Å². The largest absolute Gasteiger partial charge is 0.492 e. The van der Waals surface area contributed by atoms with Crippen molar-refractivity contribution in [3.05, 3.63) is 29.0 Å². The first-order chi connectivity index (χ1) is 7.58. The lowest BCUT2D eigenvalue weighted by atomic mass is 10.3. The second kappa shape index (κ2) is 3.94. The Morgan fingerprint density at radius 1 is 1.31 bits per heavy atom. The number of hydrogen-bond donors (Lipinski definition) is 2. The summed E-state index contributed by atoms with van der Waals surface area (Å²) in [6, 6.07) is 3.37. The van der Waals surface area contributed by atoms with Gasteiger partial charge in [0.25, 0.3) is 0 Å². The lowest BCUT2D eigenvalue weighted by Gasteiger charge is -2.04. The summed E-state index contributed by atoms with van der Waals surface area (Å²) in [7, 11) is 0. The topological polar surface area (TPSA) is 84.9 Å². The van der Waals surface area contributed by atoms with E-state index in [1.807, 2.05) is 0 Å². The van der Waals surface area contributed by atoms with Gasteiger partial charge in [-0.25, -0.2) is 4.98 Å². The number of nitrogens with two attached hydrogens (primary N) is 1. The van der Waals surface area contributed by atoms with Crippen molar-refractivity contribution in [3.8, 4) is 17.4 Å². The Kier molecular flexibility index (Phi) is 2.62. The minimum absolute atomic E-state index is 0.152. The van der Waals surface area contributed by atoms with Crippen molar-refractivity contribution in [1.29, 1.82) is 0 Å². The number of hydrogen-bond acceptors (Lipinski definition) is 5. The van der Waals surface area contributed by atoms with Gasteiger partial charge in [-0.05, 0) is 19.1 Å². The van der Waals surface area contributed by atoms with Gasteiger partial charge in [-0.3, -0.25) is 4.98 Å². The van der Waals surface area contributed by atoms with Gasteiger partial charge in [-0.1, -0.05) is 11.6 Å². The molecule has 0 spiro atoms. The average molecular weight is 237 g/mol. The molecule has 0 aliphatic heterocycles. The van der Waals surface area contributed by atoms with Gasteiger partial charge in [0.05, 0.1) is 17.6 Å². The van der Waals surface area contributed by atoms with Crippen LogP contribution in [0.5, 0.6) is 5.88 Å². The maximum absolute atomic E-state index is 9.46. The van der Waals surface area contributed by atoms with Crippen molar-refractivity contribution < 1.29 is 5.11 Å². The van der Waals surface area contributed by atoms with E-state index in [-0.39, 0.29) is 10.9 Å². The number of pyridine rings is 1. The molecule has 16 heavy (non-hydrogen) atoms. The molecule has 82 valence electrons. The molecule has 0 atom stereocenters. The lowest BCUT2D eigenvalue weighted by Crippen LogP contribution is -1.96. The molecule has 2 heterocycles. The zero-order valence-electron chi connectivity index (χ0n) is 8.48. The Balaban J connectivity index is 2.52. The van der Waals surface area contributed by atoms with Crippen LogP contribution in [0.1, 0.15) is 5.69 Å². The van der Waals surface area contributed by atoms with E-state index in [0.29, 0.717) is 22.9 Å². The maximum Gasteiger partial charge on any atom is 0.234 e. The van der Waals surface area contributed by atoms with E-state index in [1.54, 1.807) is 19.1 Å². The standard InChI is InChI=1S/C10H9ClN4O/c1-5-8(11)10(16)15-9(14-5)7-3-2-6(12)4-13-7/h2-4H,12H2,1H3,(H,14,15,16). The zero-order chi connectivity index (χ0) is 11.7. The van der Waals surface area contributed by atoms with Crippen molar-refractivity contribution >= 4 is 17.3 Å². The van der Waals surface area contributed by atoms with E-state index in [9.17, 15) is 5.11 Å². The van der Waals surface area contributed by atoms with E-state index in [0.717, 1.165) is 0 Å². The Hall–Kier alpha value is -1.88. The number of nitrogens with zero attached hydrogens (tertiary/aromatic N) is 3. The van der Waals surface area contributed by atoms with E-state index in [4.69, 9.17) is 17.3 Å². The fraction of sp³-hybridized carbons (Fsp3) is 0.100. The third-order valence-corrected chi connectivity index (χ3v) is 2.46. The van der Waals surface area contributed by atoms with Gasteiger partial charge in [-0.15, -0.1) is 0 Å². The molecule has 2 aromatic rings. The van der Waals surface area contributed by atoms with E-state index < -0.39 is 0 Å². The molecule has 0 aliphatic carbocycles. The minimum atomic E-state index is -0.247. The molecule has 6 heteroatoms. The summed E-state index contributed by atoms with van der Waals surface area (Å²) < 4.78 is 0. The van der Waals surface area contributed by atoms with Crippen LogP contribution in [0.25, 0.3) is 11.5 Å². The number of halogens is 1. The number of aromatic hydroxyl groups is 1. The quantitative estimate of drug-likeness (QED) is 0.789. The molecule has 0 aliphatic rings. The molecule has 0 bridgehead atoms. The second-order valence-corrected chi connectivity index (χ2v) is 3.62. The van der Waals surface area contributed by atoms with Gasteiger partial charge in [0.2, 0.25) is 5.88 Å². The summed E-state index contributed by atoms with van der Waals surface area (Å²) in [5.41, 5.74) is 7.10. The molecule has 2 aromatic heterocycles. The van der Waals surface area contributed by atoms with Crippen molar-refractivity contribution in [2.45, 2.75) is 6.92 Å². The first kappa shape index (κ1) is 10.6. The number of anilines is 1. The van der Waals surface area contributed by atoms with Gasteiger partial charge >= 0.3 is 0 Å². The molecule has 0 radical (unpaired) electrons. The third kappa shape index (κ3) is 1.90. The van der Waals surface area contributed by atoms with E-state index >= 15 is 0 Å². The summed E-state index contributed by atoms with van der Waals surface area (Å²) in [5, 5.41) is 9.61. The Labute approximate surface area is 96.9 Å². The molecule has 0 saturated heterocycles. The molecule has 2 rings (SSSR count). The predicted molar refractivity (Wildman–Crippen MR) is 61.1 cm³/mol. The van der Waals surface area contributed by atoms with Crippen LogP contribution in [0.3, 0.4) is 0 Å². The number of nitrogen functional groups attached to an aromatic ring is 1. The highest BCUT2D eigenvalue weighted by molar-refractivity contribution is 6.32. The molecule has 3 N–H and O–H groups in total. The summed E-state index contributed by atoms with van der Waals surface area (Å²) >= 11 is 5.75. The summed E-state index contributed by atoms with van der Waals surface area (Å²) in [6.07, 6.45) is 1.50. The molecule has 0 fully saturated rings. The van der Waals surface area contributed by atoms with E-state index in [1.165, 1.54) is 6.20 Å². The van der Waals surface area contributed by atoms with Gasteiger partial charge < -0.3 is 10.8 Å². The molecule has 0 amide bonds. The monoisotopic (exact) mass is 236 g/mol. The van der Waals surface area contributed by atoms with Crippen LogP contribution in [-0.2, 0) is 0 Å². The predicted octanol–water partition coefficient (Wildman–Crippen LogP) is 1.79. The molecule has 5 nitrogen and oxygen atoms in total. The molecule has 0 unspecified atom stereocenters. The van der Waals surface area contributed by atoms with Crippen LogP contribution < -0.4 is 5.73 Å². The third-order valence-electron chi connectivity index (χ3n) is 2.01. The SMILES string of the molecule is Cc1nc(-c2ccc(N)cn2)nc(O)c1Cl. The van der Waals surface area contributed by atoms with Gasteiger partial charge in [0.1, 0.15) is 10.7 Å². The number of aromatic nitrogens is 3. The molecular formula is C10H9ClN4O. The van der Waals surface area contributed by atoms with Crippen LogP contribution in [0.4, 0.5) is 5.69 Å². The van der Waals surface area contributed by atoms with Gasteiger partial charge in [0, 0.05) is 0 Å². The first-order valence-corrected chi connectivity index (χ1v) is 4.90. The van der Waals surface area contributed by atoms with Crippen molar-refractivity contribution in [2.24, 2.45) is 0 Å². The van der Waals surface area contributed by atoms with E-state index in [2.05, 4.69) is 15.0 Å².